The zero-order chi connectivity index (χ0) is 17.9. The number of rotatable bonds is 5. The molecule has 5 nitrogen and oxygen atoms in total. The second kappa shape index (κ2) is 7.65. The van der Waals surface area contributed by atoms with Crippen LogP contribution in [0.1, 0.15) is 32.1 Å². The van der Waals surface area contributed by atoms with Gasteiger partial charge in [0, 0.05) is 25.2 Å². The molecule has 1 aliphatic heterocycles. The van der Waals surface area contributed by atoms with Gasteiger partial charge in [-0.15, -0.1) is 0 Å². The molecule has 1 aromatic carbocycles. The molecule has 0 bridgehead atoms. The van der Waals surface area contributed by atoms with Gasteiger partial charge in [-0.2, -0.15) is 0 Å². The second-order valence-electron chi connectivity index (χ2n) is 6.78. The van der Waals surface area contributed by atoms with E-state index in [4.69, 9.17) is 4.74 Å². The van der Waals surface area contributed by atoms with Crippen LogP contribution in [0.4, 0.5) is 8.78 Å². The van der Waals surface area contributed by atoms with E-state index in [1.165, 1.54) is 0 Å². The van der Waals surface area contributed by atoms with E-state index in [2.05, 4.69) is 9.62 Å². The van der Waals surface area contributed by atoms with Crippen molar-refractivity contribution in [3.8, 4) is 0 Å². The lowest BCUT2D eigenvalue weighted by Gasteiger charge is -2.48. The third-order valence-corrected chi connectivity index (χ3v) is 6.66. The lowest BCUT2D eigenvalue weighted by Crippen LogP contribution is -2.59. The number of nitrogens with one attached hydrogen (secondary N) is 1. The Balaban J connectivity index is 1.76. The van der Waals surface area contributed by atoms with Crippen LogP contribution in [0.2, 0.25) is 0 Å². The van der Waals surface area contributed by atoms with Gasteiger partial charge >= 0.3 is 0 Å². The number of hydrogen-bond acceptors (Lipinski definition) is 4. The quantitative estimate of drug-likeness (QED) is 0.859. The highest BCUT2D eigenvalue weighted by Gasteiger charge is 2.39. The van der Waals surface area contributed by atoms with Crippen LogP contribution in [0.3, 0.4) is 0 Å². The molecule has 1 saturated heterocycles. The fourth-order valence-electron chi connectivity index (χ4n) is 3.81. The molecule has 0 spiro atoms. The summed E-state index contributed by atoms with van der Waals surface area (Å²) in [6.07, 6.45) is 5.12. The minimum Gasteiger partial charge on any atom is -0.379 e. The molecule has 1 N–H and O–H groups in total. The minimum absolute atomic E-state index is 0.228. The first-order valence-electron chi connectivity index (χ1n) is 8.71. The van der Waals surface area contributed by atoms with Gasteiger partial charge in [0.25, 0.3) is 0 Å². The molecule has 0 atom stereocenters. The molecule has 1 aromatic rings. The fraction of sp³-hybridized carbons (Fsp3) is 0.647. The highest BCUT2D eigenvalue weighted by Crippen LogP contribution is 2.34. The molecule has 3 rings (SSSR count). The van der Waals surface area contributed by atoms with Crippen molar-refractivity contribution in [2.24, 2.45) is 0 Å². The summed E-state index contributed by atoms with van der Waals surface area (Å²) in [6, 6.07) is 2.64. The van der Waals surface area contributed by atoms with Crippen LogP contribution in [0.5, 0.6) is 0 Å². The average Bonchev–Trinajstić information content (AvgIpc) is 2.64. The third-order valence-electron chi connectivity index (χ3n) is 5.26. The fourth-order valence-corrected chi connectivity index (χ4v) is 4.94. The van der Waals surface area contributed by atoms with Gasteiger partial charge in [-0.1, -0.05) is 19.3 Å². The topological polar surface area (TPSA) is 58.6 Å². The maximum absolute atomic E-state index is 13.4. The minimum atomic E-state index is -3.89. The summed E-state index contributed by atoms with van der Waals surface area (Å²) in [5.74, 6) is -2.22. The predicted molar refractivity (Wildman–Crippen MR) is 89.8 cm³/mol. The van der Waals surface area contributed by atoms with Gasteiger partial charge in [0.2, 0.25) is 10.0 Å². The molecular formula is C17H24F2N2O3S. The van der Waals surface area contributed by atoms with Crippen molar-refractivity contribution >= 4 is 10.0 Å². The van der Waals surface area contributed by atoms with E-state index in [0.29, 0.717) is 13.2 Å². The van der Waals surface area contributed by atoms with Gasteiger partial charge in [0.1, 0.15) is 0 Å². The summed E-state index contributed by atoms with van der Waals surface area (Å²) in [7, 11) is -3.89. The first-order chi connectivity index (χ1) is 11.9. The van der Waals surface area contributed by atoms with Gasteiger partial charge in [0.05, 0.1) is 18.1 Å². The van der Waals surface area contributed by atoms with Crippen molar-refractivity contribution in [3.63, 3.8) is 0 Å². The predicted octanol–water partition coefficient (Wildman–Crippen LogP) is 2.28. The largest absolute Gasteiger partial charge is 0.379 e. The van der Waals surface area contributed by atoms with Crippen molar-refractivity contribution in [2.45, 2.75) is 42.5 Å². The molecule has 1 aliphatic carbocycles. The number of benzene rings is 1. The SMILES string of the molecule is O=S(=O)(NCC1(N2CCOCC2)CCCCC1)c1ccc(F)c(F)c1. The number of hydrogen-bond donors (Lipinski definition) is 1. The number of nitrogens with zero attached hydrogens (tertiary/aromatic N) is 1. The molecule has 0 amide bonds. The smallest absolute Gasteiger partial charge is 0.240 e. The van der Waals surface area contributed by atoms with Crippen molar-refractivity contribution in [2.75, 3.05) is 32.8 Å². The normalized spacial score (nSPS) is 22.0. The molecule has 0 aromatic heterocycles. The number of ether oxygens (including phenoxy) is 1. The van der Waals surface area contributed by atoms with E-state index in [-0.39, 0.29) is 17.0 Å². The molecule has 25 heavy (non-hydrogen) atoms. The summed E-state index contributed by atoms with van der Waals surface area (Å²) in [4.78, 5) is 2.07. The van der Waals surface area contributed by atoms with E-state index in [1.807, 2.05) is 0 Å². The van der Waals surface area contributed by atoms with Gasteiger partial charge in [-0.25, -0.2) is 21.9 Å². The highest BCUT2D eigenvalue weighted by atomic mass is 32.2. The van der Waals surface area contributed by atoms with Crippen molar-refractivity contribution in [1.29, 1.82) is 0 Å². The second-order valence-corrected chi connectivity index (χ2v) is 8.55. The van der Waals surface area contributed by atoms with E-state index in [9.17, 15) is 17.2 Å². The first-order valence-corrected chi connectivity index (χ1v) is 10.2. The lowest BCUT2D eigenvalue weighted by atomic mass is 9.80. The van der Waals surface area contributed by atoms with Crippen LogP contribution in [0.15, 0.2) is 23.1 Å². The Bertz CT molecular complexity index is 700. The van der Waals surface area contributed by atoms with Crippen LogP contribution in [0, 0.1) is 11.6 Å². The molecular weight excluding hydrogens is 350 g/mol. The van der Waals surface area contributed by atoms with Crippen molar-refractivity contribution in [1.82, 2.24) is 9.62 Å². The maximum Gasteiger partial charge on any atom is 0.240 e. The van der Waals surface area contributed by atoms with Crippen LogP contribution >= 0.6 is 0 Å². The number of halogens is 2. The zero-order valence-electron chi connectivity index (χ0n) is 14.1. The Kier molecular flexibility index (Phi) is 5.72. The standard InChI is InChI=1S/C17H24F2N2O3S/c18-15-5-4-14(12-16(15)19)25(22,23)20-13-17(6-2-1-3-7-17)21-8-10-24-11-9-21/h4-5,12,20H,1-3,6-11,13H2. The Morgan fingerprint density at radius 3 is 2.40 bits per heavy atom. The molecule has 2 fully saturated rings. The molecule has 0 radical (unpaired) electrons. The van der Waals surface area contributed by atoms with Crippen molar-refractivity contribution in [3.05, 3.63) is 29.8 Å². The van der Waals surface area contributed by atoms with Crippen LogP contribution in [-0.2, 0) is 14.8 Å². The Morgan fingerprint density at radius 2 is 1.76 bits per heavy atom. The van der Waals surface area contributed by atoms with Gasteiger partial charge in [-0.05, 0) is 31.0 Å². The average molecular weight is 374 g/mol. The third kappa shape index (κ3) is 4.19. The summed E-state index contributed by atoms with van der Waals surface area (Å²) in [5, 5.41) is 0. The van der Waals surface area contributed by atoms with E-state index < -0.39 is 21.7 Å². The summed E-state index contributed by atoms with van der Waals surface area (Å²) >= 11 is 0. The molecule has 1 saturated carbocycles. The van der Waals surface area contributed by atoms with Crippen LogP contribution < -0.4 is 4.72 Å². The van der Waals surface area contributed by atoms with Crippen molar-refractivity contribution < 1.29 is 21.9 Å². The Hall–Kier alpha value is -1.09. The molecule has 2 aliphatic rings. The summed E-state index contributed by atoms with van der Waals surface area (Å²) < 4.78 is 59.5. The molecule has 140 valence electrons. The van der Waals surface area contributed by atoms with Gasteiger partial charge in [0.15, 0.2) is 11.6 Å². The molecule has 0 unspecified atom stereocenters. The lowest BCUT2D eigenvalue weighted by molar-refractivity contribution is -0.0348. The van der Waals surface area contributed by atoms with Gasteiger partial charge in [-0.3, -0.25) is 4.90 Å². The zero-order valence-corrected chi connectivity index (χ0v) is 15.0. The monoisotopic (exact) mass is 374 g/mol. The van der Waals surface area contributed by atoms with Crippen LogP contribution in [-0.4, -0.2) is 51.7 Å². The van der Waals surface area contributed by atoms with E-state index in [0.717, 1.165) is 63.4 Å². The van der Waals surface area contributed by atoms with Crippen LogP contribution in [0.25, 0.3) is 0 Å². The van der Waals surface area contributed by atoms with Gasteiger partial charge < -0.3 is 4.74 Å². The maximum atomic E-state index is 13.4. The Labute approximate surface area is 147 Å². The first kappa shape index (κ1) is 18.7. The van der Waals surface area contributed by atoms with E-state index >= 15 is 0 Å². The molecule has 8 heteroatoms. The highest BCUT2D eigenvalue weighted by molar-refractivity contribution is 7.89. The number of sulfonamides is 1. The Morgan fingerprint density at radius 1 is 1.08 bits per heavy atom. The van der Waals surface area contributed by atoms with E-state index in [1.54, 1.807) is 0 Å². The summed E-state index contributed by atoms with van der Waals surface area (Å²) in [6.45, 7) is 3.14. The molecule has 1 heterocycles. The summed E-state index contributed by atoms with van der Waals surface area (Å²) in [5.41, 5.74) is -0.228. The number of morpholine rings is 1.